The zero-order valence-electron chi connectivity index (χ0n) is 13.3. The van der Waals surface area contributed by atoms with Gasteiger partial charge in [-0.15, -0.1) is 0 Å². The molecule has 2 heterocycles. The Kier molecular flexibility index (Phi) is 5.10. The highest BCUT2D eigenvalue weighted by atomic mass is 35.5. The third kappa shape index (κ3) is 4.10. The van der Waals surface area contributed by atoms with Gasteiger partial charge in [0.15, 0.2) is 12.3 Å². The van der Waals surface area contributed by atoms with Gasteiger partial charge in [0.1, 0.15) is 12.0 Å². The van der Waals surface area contributed by atoms with Gasteiger partial charge in [0, 0.05) is 13.1 Å². The van der Waals surface area contributed by atoms with E-state index in [1.807, 2.05) is 0 Å². The normalized spacial score (nSPS) is 17.6. The summed E-state index contributed by atoms with van der Waals surface area (Å²) in [5, 5.41) is 9.03. The number of hydrogen-bond donors (Lipinski definition) is 1. The second-order valence-corrected chi connectivity index (χ2v) is 6.16. The second-order valence-electron chi connectivity index (χ2n) is 5.75. The molecule has 6 nitrogen and oxygen atoms in total. The molecule has 0 bridgehead atoms. The molecule has 1 fully saturated rings. The van der Waals surface area contributed by atoms with Gasteiger partial charge in [-0.1, -0.05) is 11.6 Å². The highest BCUT2D eigenvalue weighted by Gasteiger charge is 2.33. The number of carbonyl (C=O) groups is 1. The SMILES string of the molecule is O=C(c1coc(COc2ccc(Cl)c(C(F)(F)F)c2)n1)N1CCC(O)C1. The molecular formula is C16H14ClF3N2O4. The molecule has 3 rings (SSSR count). The van der Waals surface area contributed by atoms with Gasteiger partial charge in [0.05, 0.1) is 16.7 Å². The van der Waals surface area contributed by atoms with Crippen LogP contribution in [-0.4, -0.2) is 40.1 Å². The van der Waals surface area contributed by atoms with Crippen LogP contribution in [0.5, 0.6) is 5.75 Å². The summed E-state index contributed by atoms with van der Waals surface area (Å²) in [4.78, 5) is 17.6. The van der Waals surface area contributed by atoms with E-state index < -0.39 is 22.9 Å². The molecule has 1 aromatic heterocycles. The molecule has 2 aromatic rings. The maximum Gasteiger partial charge on any atom is 0.417 e. The van der Waals surface area contributed by atoms with E-state index >= 15 is 0 Å². The highest BCUT2D eigenvalue weighted by Crippen LogP contribution is 2.36. The third-order valence-electron chi connectivity index (χ3n) is 3.83. The highest BCUT2D eigenvalue weighted by molar-refractivity contribution is 6.31. The molecule has 1 saturated heterocycles. The predicted octanol–water partition coefficient (Wildman–Crippen LogP) is 3.13. The maximum absolute atomic E-state index is 12.8. The number of carbonyl (C=O) groups excluding carboxylic acids is 1. The van der Waals surface area contributed by atoms with E-state index in [9.17, 15) is 23.1 Å². The van der Waals surface area contributed by atoms with E-state index in [4.69, 9.17) is 20.8 Å². The van der Waals surface area contributed by atoms with Gasteiger partial charge >= 0.3 is 6.18 Å². The summed E-state index contributed by atoms with van der Waals surface area (Å²) in [7, 11) is 0. The first-order valence-electron chi connectivity index (χ1n) is 7.65. The van der Waals surface area contributed by atoms with Crippen LogP contribution < -0.4 is 4.74 Å². The lowest BCUT2D eigenvalue weighted by molar-refractivity contribution is -0.137. The van der Waals surface area contributed by atoms with Crippen molar-refractivity contribution in [2.24, 2.45) is 0 Å². The molecule has 1 aliphatic rings. The van der Waals surface area contributed by atoms with Crippen LogP contribution in [-0.2, 0) is 12.8 Å². The van der Waals surface area contributed by atoms with E-state index in [0.717, 1.165) is 18.4 Å². The van der Waals surface area contributed by atoms with Crippen LogP contribution in [0, 0.1) is 0 Å². The van der Waals surface area contributed by atoms with Crippen molar-refractivity contribution >= 4 is 17.5 Å². The number of aliphatic hydroxyl groups is 1. The molecule has 1 atom stereocenters. The van der Waals surface area contributed by atoms with Gasteiger partial charge in [-0.25, -0.2) is 4.98 Å². The molecule has 1 unspecified atom stereocenters. The zero-order valence-corrected chi connectivity index (χ0v) is 14.0. The Morgan fingerprint density at radius 2 is 2.23 bits per heavy atom. The number of β-amino-alcohol motifs (C(OH)–C–C–N with tert-alkyl or cyclic N) is 1. The Morgan fingerprint density at radius 1 is 1.46 bits per heavy atom. The van der Waals surface area contributed by atoms with Crippen LogP contribution >= 0.6 is 11.6 Å². The molecule has 1 aromatic carbocycles. The predicted molar refractivity (Wildman–Crippen MR) is 83.8 cm³/mol. The van der Waals surface area contributed by atoms with Gasteiger partial charge in [-0.3, -0.25) is 4.79 Å². The maximum atomic E-state index is 12.8. The van der Waals surface area contributed by atoms with Crippen LogP contribution in [0.1, 0.15) is 28.4 Å². The van der Waals surface area contributed by atoms with E-state index in [0.29, 0.717) is 13.0 Å². The first-order chi connectivity index (χ1) is 12.2. The van der Waals surface area contributed by atoms with Gasteiger partial charge in [-0.2, -0.15) is 13.2 Å². The van der Waals surface area contributed by atoms with E-state index in [2.05, 4.69) is 4.98 Å². The van der Waals surface area contributed by atoms with Crippen LogP contribution in [0.3, 0.4) is 0 Å². The van der Waals surface area contributed by atoms with Crippen molar-refractivity contribution in [1.82, 2.24) is 9.88 Å². The van der Waals surface area contributed by atoms with Gasteiger partial charge < -0.3 is 19.2 Å². The van der Waals surface area contributed by atoms with Crippen molar-refractivity contribution in [3.05, 3.63) is 46.6 Å². The first-order valence-corrected chi connectivity index (χ1v) is 8.03. The molecule has 1 N–H and O–H groups in total. The van der Waals surface area contributed by atoms with E-state index in [-0.39, 0.29) is 36.4 Å². The van der Waals surface area contributed by atoms with Gasteiger partial charge in [-0.05, 0) is 24.6 Å². The van der Waals surface area contributed by atoms with Crippen molar-refractivity contribution in [1.29, 1.82) is 0 Å². The smallest absolute Gasteiger partial charge is 0.417 e. The molecule has 26 heavy (non-hydrogen) atoms. The molecule has 10 heteroatoms. The zero-order chi connectivity index (χ0) is 18.9. The molecule has 1 aliphatic heterocycles. The average molecular weight is 391 g/mol. The summed E-state index contributed by atoms with van der Waals surface area (Å²) >= 11 is 5.54. The summed E-state index contributed by atoms with van der Waals surface area (Å²) in [6.07, 6.45) is -3.51. The lowest BCUT2D eigenvalue weighted by atomic mass is 10.2. The summed E-state index contributed by atoms with van der Waals surface area (Å²) in [6, 6.07) is 3.16. The molecule has 0 radical (unpaired) electrons. The number of rotatable bonds is 4. The fourth-order valence-electron chi connectivity index (χ4n) is 2.52. The first kappa shape index (κ1) is 18.5. The van der Waals surface area contributed by atoms with Gasteiger partial charge in [0.2, 0.25) is 5.89 Å². The average Bonchev–Trinajstić information content (AvgIpc) is 3.21. The van der Waals surface area contributed by atoms with E-state index in [1.54, 1.807) is 0 Å². The lowest BCUT2D eigenvalue weighted by Gasteiger charge is -2.12. The number of alkyl halides is 3. The van der Waals surface area contributed by atoms with Crippen molar-refractivity contribution in [2.45, 2.75) is 25.3 Å². The van der Waals surface area contributed by atoms with Crippen molar-refractivity contribution in [2.75, 3.05) is 13.1 Å². The molecule has 140 valence electrons. The number of hydrogen-bond acceptors (Lipinski definition) is 5. The number of ether oxygens (including phenoxy) is 1. The van der Waals surface area contributed by atoms with Crippen molar-refractivity contribution in [3.8, 4) is 5.75 Å². The summed E-state index contributed by atoms with van der Waals surface area (Å²) < 4.78 is 48.8. The fraction of sp³-hybridized carbons (Fsp3) is 0.375. The Morgan fingerprint density at radius 3 is 2.88 bits per heavy atom. The monoisotopic (exact) mass is 390 g/mol. The van der Waals surface area contributed by atoms with Gasteiger partial charge in [0.25, 0.3) is 5.91 Å². The molecular weight excluding hydrogens is 377 g/mol. The standard InChI is InChI=1S/C16H14ClF3N2O4/c17-12-2-1-10(5-11(12)16(18,19)20)25-8-14-21-13(7-26-14)15(24)22-4-3-9(23)6-22/h1-2,5,7,9,23H,3-4,6,8H2. The number of likely N-dealkylation sites (tertiary alicyclic amines) is 1. The van der Waals surface area contributed by atoms with Crippen LogP contribution in [0.25, 0.3) is 0 Å². The number of halogens is 4. The number of nitrogens with zero attached hydrogens (tertiary/aromatic N) is 2. The molecule has 1 amide bonds. The fourth-order valence-corrected chi connectivity index (χ4v) is 2.74. The Hall–Kier alpha value is -2.26. The number of aromatic nitrogens is 1. The number of aliphatic hydroxyl groups excluding tert-OH is 1. The summed E-state index contributed by atoms with van der Waals surface area (Å²) in [6.45, 7) is 0.390. The summed E-state index contributed by atoms with van der Waals surface area (Å²) in [5.41, 5.74) is -0.961. The third-order valence-corrected chi connectivity index (χ3v) is 4.16. The minimum atomic E-state index is -4.60. The Labute approximate surface area is 151 Å². The van der Waals surface area contributed by atoms with Crippen LogP contribution in [0.2, 0.25) is 5.02 Å². The number of oxazole rings is 1. The molecule has 0 saturated carbocycles. The molecule has 0 aliphatic carbocycles. The number of amides is 1. The minimum absolute atomic E-state index is 0.0385. The topological polar surface area (TPSA) is 75.8 Å². The minimum Gasteiger partial charge on any atom is -0.484 e. The van der Waals surface area contributed by atoms with Crippen LogP contribution in [0.15, 0.2) is 28.9 Å². The Bertz CT molecular complexity index is 809. The van der Waals surface area contributed by atoms with Crippen molar-refractivity contribution < 1.29 is 32.2 Å². The second kappa shape index (κ2) is 7.16. The quantitative estimate of drug-likeness (QED) is 0.868. The number of benzene rings is 1. The summed E-state index contributed by atoms with van der Waals surface area (Å²) in [5.74, 6) is -0.408. The molecule has 0 spiro atoms. The van der Waals surface area contributed by atoms with Crippen molar-refractivity contribution in [3.63, 3.8) is 0 Å². The van der Waals surface area contributed by atoms with E-state index in [1.165, 1.54) is 11.0 Å². The lowest BCUT2D eigenvalue weighted by Crippen LogP contribution is -2.29. The largest absolute Gasteiger partial charge is 0.484 e. The van der Waals surface area contributed by atoms with Crippen LogP contribution in [0.4, 0.5) is 13.2 Å². The Balaban J connectivity index is 1.64.